The molecule has 0 saturated carbocycles. The van der Waals surface area contributed by atoms with Crippen molar-refractivity contribution in [3.05, 3.63) is 185 Å². The molecule has 4 N–H and O–H groups in total. The molecule has 27 heteroatoms. The Kier molecular flexibility index (Phi) is 16.1. The van der Waals surface area contributed by atoms with Crippen LogP contribution in [-0.2, 0) is 66.0 Å². The Balaban J connectivity index is 1.04. The predicted octanol–water partition coefficient (Wildman–Crippen LogP) is 5.77. The zero-order chi connectivity index (χ0) is 56.3. The Morgan fingerprint density at radius 3 is 1.65 bits per heavy atom. The molecule has 0 bridgehead atoms. The van der Waals surface area contributed by atoms with Crippen LogP contribution in [-0.4, -0.2) is 90.2 Å². The van der Waals surface area contributed by atoms with E-state index in [1.165, 1.54) is 62.6 Å². The number of methoxy groups -OCH3 is 2. The molecule has 2 heterocycles. The van der Waals surface area contributed by atoms with Crippen molar-refractivity contribution in [2.75, 3.05) is 31.1 Å². The van der Waals surface area contributed by atoms with Gasteiger partial charge < -0.3 is 29.9 Å². The highest BCUT2D eigenvalue weighted by molar-refractivity contribution is 8.03. The maximum Gasteiger partial charge on any atom is 0.331 e. The fraction of sp³-hybridized carbons (Fsp3) is 0.176. The molecule has 0 aliphatic carbocycles. The lowest BCUT2D eigenvalue weighted by Gasteiger charge is -2.29. The van der Waals surface area contributed by atoms with Crippen molar-refractivity contribution in [3.8, 4) is 11.5 Å². The summed E-state index contributed by atoms with van der Waals surface area (Å²) in [5, 5.41) is 3.71. The van der Waals surface area contributed by atoms with Gasteiger partial charge >= 0.3 is 32.5 Å². The molecular formula is C51H46F4N8O12S3. The Morgan fingerprint density at radius 2 is 1.12 bits per heavy atom. The zero-order valence-electron chi connectivity index (χ0n) is 41.2. The van der Waals surface area contributed by atoms with E-state index in [9.17, 15) is 62.0 Å². The molecule has 8 rings (SSSR count). The van der Waals surface area contributed by atoms with E-state index < -0.39 is 119 Å². The summed E-state index contributed by atoms with van der Waals surface area (Å²) in [6, 6.07) is 27.2. The van der Waals surface area contributed by atoms with Crippen LogP contribution in [0.15, 0.2) is 145 Å². The summed E-state index contributed by atoms with van der Waals surface area (Å²) < 4.78 is 154. The minimum absolute atomic E-state index is 0.0259. The van der Waals surface area contributed by atoms with Crippen LogP contribution in [0, 0.1) is 23.3 Å². The number of nitrogens with zero attached hydrogens (tertiary/aromatic N) is 4. The molecule has 0 spiro atoms. The number of ether oxygens (including phenoxy) is 2. The van der Waals surface area contributed by atoms with Crippen molar-refractivity contribution in [2.24, 2.45) is 0 Å². The topological polar surface area (TPSA) is 252 Å². The summed E-state index contributed by atoms with van der Waals surface area (Å²) in [4.78, 5) is 57.9. The zero-order valence-corrected chi connectivity index (χ0v) is 43.6. The van der Waals surface area contributed by atoms with Gasteiger partial charge in [0.25, 0.3) is 10.0 Å². The number of hydrogen-bond acceptors (Lipinski definition) is 12. The van der Waals surface area contributed by atoms with E-state index in [1.54, 1.807) is 94.4 Å². The maximum atomic E-state index is 14.9. The van der Waals surface area contributed by atoms with Crippen molar-refractivity contribution in [3.63, 3.8) is 0 Å². The molecule has 2 unspecified atom stereocenters. The normalized spacial score (nSPS) is 13.9. The summed E-state index contributed by atoms with van der Waals surface area (Å²) in [6.45, 7) is -1.25. The van der Waals surface area contributed by atoms with Gasteiger partial charge in [0, 0.05) is 42.8 Å². The third-order valence-electron chi connectivity index (χ3n) is 12.4. The fourth-order valence-electron chi connectivity index (χ4n) is 8.48. The number of halogens is 4. The second-order valence-electron chi connectivity index (χ2n) is 17.4. The van der Waals surface area contributed by atoms with Gasteiger partial charge in [-0.05, 0) is 82.9 Å². The van der Waals surface area contributed by atoms with Crippen LogP contribution in [0.25, 0.3) is 10.9 Å². The highest BCUT2D eigenvalue weighted by Crippen LogP contribution is 2.34. The van der Waals surface area contributed by atoms with Crippen molar-refractivity contribution in [2.45, 2.75) is 42.9 Å². The average Bonchev–Trinajstić information content (AvgIpc) is 4.13. The third-order valence-corrected chi connectivity index (χ3v) is 17.5. The summed E-state index contributed by atoms with van der Waals surface area (Å²) in [6.07, 6.45) is 0.154. The number of sulfonamides is 1. The van der Waals surface area contributed by atoms with Gasteiger partial charge in [0.1, 0.15) is 29.1 Å². The number of urea groups is 2. The van der Waals surface area contributed by atoms with Gasteiger partial charge in [-0.3, -0.25) is 9.59 Å². The quantitative estimate of drug-likeness (QED) is 0.0454. The molecule has 408 valence electrons. The fourth-order valence-corrected chi connectivity index (χ4v) is 12.8. The molecule has 20 nitrogen and oxygen atoms in total. The number of carbonyl (C=O) groups is 4. The minimum atomic E-state index is -5.28. The van der Waals surface area contributed by atoms with E-state index in [1.807, 2.05) is 0 Å². The standard InChI is InChI=1S/C51H46F4N8O12S3/c1-60(35-15-19-37(74-2)20-16-35)48(64)40(27-31-10-6-4-7-11-31)56-51(67)59-78(72,73)63-30-34-26-33(14-23-42(34)76(63,68)69)29-61(36-17-21-38(75-3)22-18-36)49(65)41(28-32-12-8-5-9-13-32)57-50(66)58-77(70,71)62-25-24-39-43(52)44(53)45(54)46(55)47(39)62/h4-26,40-41H,27-30H2,1-3H3,(H2,56,59,67)(H2,57,58,66). The van der Waals surface area contributed by atoms with E-state index in [-0.39, 0.29) is 37.3 Å². The molecular weight excluding hydrogens is 1090 g/mol. The highest BCUT2D eigenvalue weighted by atomic mass is 32.3. The van der Waals surface area contributed by atoms with Crippen LogP contribution < -0.4 is 39.4 Å². The van der Waals surface area contributed by atoms with Crippen LogP contribution in [0.4, 0.5) is 38.5 Å². The summed E-state index contributed by atoms with van der Waals surface area (Å²) >= 11 is 0. The molecule has 78 heavy (non-hydrogen) atoms. The number of nitrogens with one attached hydrogen (secondary N) is 4. The number of amides is 6. The van der Waals surface area contributed by atoms with E-state index in [2.05, 4.69) is 10.6 Å². The lowest BCUT2D eigenvalue weighted by molar-refractivity contribution is -0.121. The number of aromatic nitrogens is 1. The molecule has 6 amide bonds. The largest absolute Gasteiger partial charge is 0.497 e. The third kappa shape index (κ3) is 11.7. The maximum absolute atomic E-state index is 14.9. The first-order valence-electron chi connectivity index (χ1n) is 23.1. The second-order valence-corrected chi connectivity index (χ2v) is 22.6. The number of likely N-dealkylation sites (N-methyl/N-ethyl adjacent to an activating group) is 1. The van der Waals surface area contributed by atoms with E-state index in [0.29, 0.717) is 40.6 Å². The lowest BCUT2D eigenvalue weighted by atomic mass is 10.0. The molecule has 1 aromatic heterocycles. The molecule has 1 aliphatic rings. The molecule has 2 atom stereocenters. The van der Waals surface area contributed by atoms with Gasteiger partial charge in [0.05, 0.1) is 32.2 Å². The molecule has 7 aromatic rings. The predicted molar refractivity (Wildman–Crippen MR) is 276 cm³/mol. The Bertz CT molecular complexity index is 3790. The van der Waals surface area contributed by atoms with Gasteiger partial charge in [0.2, 0.25) is 11.8 Å². The van der Waals surface area contributed by atoms with Crippen LogP contribution in [0.3, 0.4) is 0 Å². The highest BCUT2D eigenvalue weighted by Gasteiger charge is 2.44. The van der Waals surface area contributed by atoms with Gasteiger partial charge in [-0.2, -0.15) is 16.8 Å². The van der Waals surface area contributed by atoms with Crippen molar-refractivity contribution >= 4 is 76.6 Å². The summed E-state index contributed by atoms with van der Waals surface area (Å²) in [5.41, 5.74) is 0.474. The molecule has 0 radical (unpaired) electrons. The van der Waals surface area contributed by atoms with Crippen molar-refractivity contribution in [1.29, 1.82) is 0 Å². The Morgan fingerprint density at radius 1 is 0.615 bits per heavy atom. The second kappa shape index (κ2) is 22.6. The Labute approximate surface area is 444 Å². The monoisotopic (exact) mass is 1130 g/mol. The van der Waals surface area contributed by atoms with Gasteiger partial charge in [-0.1, -0.05) is 76.5 Å². The smallest absolute Gasteiger partial charge is 0.331 e. The van der Waals surface area contributed by atoms with E-state index in [4.69, 9.17) is 9.47 Å². The number of fused-ring (bicyclic) bond motifs is 2. The SMILES string of the molecule is COc1ccc(N(C)C(=O)C(Cc2ccccc2)NC(=O)NS(=O)(=O)N2Cc3cc(CN(C(=O)C(Cc4ccccc4)NC(=O)NS(=O)(=O)n4ccc5c(F)c(F)c(F)c(F)c54)c4ccc(OC)cc4)ccc3S2(=O)=O)cc1. The number of rotatable bonds is 18. The number of carbonyl (C=O) groups excluding carboxylic acids is 4. The summed E-state index contributed by atoms with van der Waals surface area (Å²) in [7, 11) is -11.1. The van der Waals surface area contributed by atoms with Crippen molar-refractivity contribution < 1.29 is 71.5 Å². The minimum Gasteiger partial charge on any atom is -0.497 e. The van der Waals surface area contributed by atoms with Crippen molar-refractivity contribution in [1.82, 2.24) is 27.8 Å². The molecule has 6 aromatic carbocycles. The lowest BCUT2D eigenvalue weighted by Crippen LogP contribution is -2.54. The van der Waals surface area contributed by atoms with Crippen LogP contribution in [0.1, 0.15) is 22.3 Å². The van der Waals surface area contributed by atoms with Crippen LogP contribution in [0.5, 0.6) is 11.5 Å². The first-order valence-corrected chi connectivity index (χ1v) is 27.4. The number of hydrogen-bond donors (Lipinski definition) is 4. The van der Waals surface area contributed by atoms with E-state index in [0.717, 1.165) is 11.0 Å². The molecule has 0 fully saturated rings. The number of anilines is 2. The number of benzene rings is 6. The van der Waals surface area contributed by atoms with E-state index >= 15 is 0 Å². The first kappa shape index (κ1) is 55.7. The Hall–Kier alpha value is -8.53. The summed E-state index contributed by atoms with van der Waals surface area (Å²) in [5.74, 6) is -9.16. The molecule has 0 saturated heterocycles. The average molecular weight is 1140 g/mol. The molecule has 1 aliphatic heterocycles. The van der Waals surface area contributed by atoms with Gasteiger partial charge in [0.15, 0.2) is 23.3 Å². The van der Waals surface area contributed by atoms with Crippen LogP contribution in [0.2, 0.25) is 0 Å². The van der Waals surface area contributed by atoms with Gasteiger partial charge in [-0.25, -0.2) is 49.0 Å². The first-order chi connectivity index (χ1) is 37.0. The van der Waals surface area contributed by atoms with Gasteiger partial charge in [-0.15, -0.1) is 0 Å². The van der Waals surface area contributed by atoms with Crippen LogP contribution >= 0.6 is 0 Å².